The zero-order valence-electron chi connectivity index (χ0n) is 17.0. The molecule has 1 aromatic carbocycles. The maximum atomic E-state index is 12.7. The van der Waals surface area contributed by atoms with Gasteiger partial charge in [-0.05, 0) is 49.8 Å². The molecule has 0 aromatic heterocycles. The summed E-state index contributed by atoms with van der Waals surface area (Å²) in [6, 6.07) is 7.93. The lowest BCUT2D eigenvalue weighted by Gasteiger charge is -2.30. The molecular formula is C22H30N4O3. The highest BCUT2D eigenvalue weighted by Crippen LogP contribution is 2.20. The van der Waals surface area contributed by atoms with Gasteiger partial charge in [-0.15, -0.1) is 0 Å². The van der Waals surface area contributed by atoms with Crippen molar-refractivity contribution in [2.45, 2.75) is 32.6 Å². The number of guanidine groups is 1. The minimum atomic E-state index is -0.297. The van der Waals surface area contributed by atoms with Gasteiger partial charge in [0.1, 0.15) is 0 Å². The Morgan fingerprint density at radius 3 is 2.90 bits per heavy atom. The first-order chi connectivity index (χ1) is 14.1. The summed E-state index contributed by atoms with van der Waals surface area (Å²) in [7, 11) is 0. The Morgan fingerprint density at radius 2 is 2.17 bits per heavy atom. The lowest BCUT2D eigenvalue weighted by atomic mass is 9.96. The Balaban J connectivity index is 1.48. The number of benzene rings is 1. The van der Waals surface area contributed by atoms with Crippen LogP contribution < -0.4 is 10.6 Å². The molecule has 3 rings (SSSR count). The number of carbonyl (C=O) groups is 2. The average molecular weight is 399 g/mol. The molecule has 2 aliphatic rings. The minimum absolute atomic E-state index is 0.142. The van der Waals surface area contributed by atoms with Gasteiger partial charge < -0.3 is 20.3 Å². The topological polar surface area (TPSA) is 83.0 Å². The van der Waals surface area contributed by atoms with Crippen molar-refractivity contribution < 1.29 is 14.3 Å². The number of anilines is 1. The van der Waals surface area contributed by atoms with E-state index in [0.29, 0.717) is 18.9 Å². The van der Waals surface area contributed by atoms with E-state index in [4.69, 9.17) is 4.74 Å². The number of likely N-dealkylation sites (tertiary alicyclic amines) is 1. The molecule has 0 bridgehead atoms. The van der Waals surface area contributed by atoms with Crippen molar-refractivity contribution in [2.24, 2.45) is 10.9 Å². The number of hydrogen-bond acceptors (Lipinski definition) is 6. The second-order valence-electron chi connectivity index (χ2n) is 7.34. The molecule has 2 heterocycles. The van der Waals surface area contributed by atoms with Crippen LogP contribution in [0.3, 0.4) is 0 Å². The maximum absolute atomic E-state index is 12.7. The first-order valence-corrected chi connectivity index (χ1v) is 10.4. The van der Waals surface area contributed by atoms with Crippen molar-refractivity contribution in [3.63, 3.8) is 0 Å². The van der Waals surface area contributed by atoms with E-state index in [2.05, 4.69) is 15.6 Å². The van der Waals surface area contributed by atoms with Crippen molar-refractivity contribution in [1.29, 1.82) is 0 Å². The van der Waals surface area contributed by atoms with Gasteiger partial charge in [-0.2, -0.15) is 0 Å². The van der Waals surface area contributed by atoms with Crippen LogP contribution in [0.25, 0.3) is 0 Å². The molecule has 29 heavy (non-hydrogen) atoms. The van der Waals surface area contributed by atoms with Crippen LogP contribution in [-0.4, -0.2) is 55.5 Å². The summed E-state index contributed by atoms with van der Waals surface area (Å²) in [5.74, 6) is 0.953. The van der Waals surface area contributed by atoms with E-state index in [-0.39, 0.29) is 11.9 Å². The number of ether oxygens (including phenoxy) is 1. The molecule has 1 saturated heterocycles. The van der Waals surface area contributed by atoms with E-state index in [0.717, 1.165) is 62.7 Å². The van der Waals surface area contributed by atoms with E-state index in [1.165, 1.54) is 6.08 Å². The fourth-order valence-electron chi connectivity index (χ4n) is 3.54. The van der Waals surface area contributed by atoms with Gasteiger partial charge >= 0.3 is 5.97 Å². The molecule has 1 aromatic rings. The summed E-state index contributed by atoms with van der Waals surface area (Å²) in [6.45, 7) is 5.37. The van der Waals surface area contributed by atoms with Gasteiger partial charge in [-0.3, -0.25) is 9.79 Å². The number of amides is 1. The van der Waals surface area contributed by atoms with Gasteiger partial charge in [0.15, 0.2) is 5.96 Å². The molecule has 0 saturated carbocycles. The van der Waals surface area contributed by atoms with Gasteiger partial charge in [-0.1, -0.05) is 18.2 Å². The van der Waals surface area contributed by atoms with E-state index >= 15 is 0 Å². The number of hydrogen-bond donors (Lipinski definition) is 2. The molecule has 0 spiro atoms. The van der Waals surface area contributed by atoms with Crippen LogP contribution in [0.2, 0.25) is 0 Å². The quantitative estimate of drug-likeness (QED) is 0.568. The predicted octanol–water partition coefficient (Wildman–Crippen LogP) is 2.35. The first-order valence-electron chi connectivity index (χ1n) is 10.4. The number of carbonyl (C=O) groups excluding carboxylic acids is 2. The van der Waals surface area contributed by atoms with E-state index in [1.807, 2.05) is 35.2 Å². The molecule has 2 N–H and O–H groups in total. The number of nitrogens with zero attached hydrogens (tertiary/aromatic N) is 2. The molecule has 0 unspecified atom stereocenters. The van der Waals surface area contributed by atoms with Crippen molar-refractivity contribution in [3.8, 4) is 0 Å². The molecule has 156 valence electrons. The highest BCUT2D eigenvalue weighted by Gasteiger charge is 2.21. The van der Waals surface area contributed by atoms with Gasteiger partial charge in [-0.25, -0.2) is 4.79 Å². The van der Waals surface area contributed by atoms with E-state index in [1.54, 1.807) is 6.92 Å². The molecule has 0 atom stereocenters. The molecule has 7 nitrogen and oxygen atoms in total. The number of piperidine rings is 1. The fraction of sp³-hybridized carbons (Fsp3) is 0.500. The van der Waals surface area contributed by atoms with Crippen LogP contribution in [0.4, 0.5) is 5.69 Å². The lowest BCUT2D eigenvalue weighted by Crippen LogP contribution is -2.39. The smallest absolute Gasteiger partial charge is 0.330 e. The van der Waals surface area contributed by atoms with Crippen molar-refractivity contribution in [3.05, 3.63) is 42.0 Å². The van der Waals surface area contributed by atoms with Crippen LogP contribution in [-0.2, 0) is 20.7 Å². The van der Waals surface area contributed by atoms with Crippen LogP contribution in [0, 0.1) is 5.92 Å². The maximum Gasteiger partial charge on any atom is 0.330 e. The first kappa shape index (κ1) is 20.9. The molecular weight excluding hydrogens is 368 g/mol. The summed E-state index contributed by atoms with van der Waals surface area (Å²) in [6.07, 6.45) is 6.60. The minimum Gasteiger partial charge on any atom is -0.463 e. The van der Waals surface area contributed by atoms with Crippen molar-refractivity contribution in [1.82, 2.24) is 10.2 Å². The van der Waals surface area contributed by atoms with Crippen molar-refractivity contribution in [2.75, 3.05) is 38.1 Å². The molecule has 7 heteroatoms. The Bertz CT molecular complexity index is 767. The highest BCUT2D eigenvalue weighted by molar-refractivity contribution is 5.94. The van der Waals surface area contributed by atoms with E-state index in [9.17, 15) is 9.59 Å². The monoisotopic (exact) mass is 398 g/mol. The molecule has 1 fully saturated rings. The Kier molecular flexibility index (Phi) is 7.67. The van der Waals surface area contributed by atoms with Gasteiger partial charge in [0.25, 0.3) is 0 Å². The zero-order chi connectivity index (χ0) is 20.5. The predicted molar refractivity (Wildman–Crippen MR) is 114 cm³/mol. The van der Waals surface area contributed by atoms with Crippen LogP contribution in [0.5, 0.6) is 0 Å². The molecule has 0 aliphatic carbocycles. The SMILES string of the molecule is CCOC(=O)C=CC1CCN(C(=O)Cc2cccc(NC3=NCCCN3)c2)CC1. The number of nitrogens with one attached hydrogen (secondary N) is 2. The van der Waals surface area contributed by atoms with Crippen molar-refractivity contribution >= 4 is 23.5 Å². The standard InChI is InChI=1S/C22H30N4O3/c1-2-29-21(28)8-7-17-9-13-26(14-10-17)20(27)16-18-5-3-6-19(15-18)25-22-23-11-4-12-24-22/h3,5-8,15,17H,2,4,9-14,16H2,1H3,(H2,23,24,25). The second-order valence-corrected chi connectivity index (χ2v) is 7.34. The number of aliphatic imine (C=N–C) groups is 1. The third kappa shape index (κ3) is 6.62. The summed E-state index contributed by atoms with van der Waals surface area (Å²) in [5.41, 5.74) is 1.92. The van der Waals surface area contributed by atoms with Crippen LogP contribution >= 0.6 is 0 Å². The summed E-state index contributed by atoms with van der Waals surface area (Å²) in [5, 5.41) is 6.52. The molecule has 1 amide bonds. The van der Waals surface area contributed by atoms with Gasteiger partial charge in [0, 0.05) is 37.9 Å². The Morgan fingerprint density at radius 1 is 1.34 bits per heavy atom. The summed E-state index contributed by atoms with van der Waals surface area (Å²) < 4.78 is 4.91. The van der Waals surface area contributed by atoms with Gasteiger partial charge in [0.2, 0.25) is 5.91 Å². The highest BCUT2D eigenvalue weighted by atomic mass is 16.5. The number of rotatable bonds is 6. The average Bonchev–Trinajstić information content (AvgIpc) is 2.74. The Labute approximate surface area is 172 Å². The summed E-state index contributed by atoms with van der Waals surface area (Å²) >= 11 is 0. The normalized spacial score (nSPS) is 17.6. The fourth-order valence-corrected chi connectivity index (χ4v) is 3.54. The Hall–Kier alpha value is -2.83. The van der Waals surface area contributed by atoms with Gasteiger partial charge in [0.05, 0.1) is 13.0 Å². The molecule has 0 radical (unpaired) electrons. The molecule has 2 aliphatic heterocycles. The summed E-state index contributed by atoms with van der Waals surface area (Å²) in [4.78, 5) is 30.5. The second kappa shape index (κ2) is 10.6. The van der Waals surface area contributed by atoms with Crippen LogP contribution in [0.15, 0.2) is 41.4 Å². The third-order valence-electron chi connectivity index (χ3n) is 5.13. The lowest BCUT2D eigenvalue weighted by molar-refractivity contribution is -0.137. The van der Waals surface area contributed by atoms with Crippen LogP contribution in [0.1, 0.15) is 31.7 Å². The number of allylic oxidation sites excluding steroid dienone is 1. The van der Waals surface area contributed by atoms with E-state index < -0.39 is 0 Å². The number of esters is 1. The zero-order valence-corrected chi connectivity index (χ0v) is 17.0. The third-order valence-corrected chi connectivity index (χ3v) is 5.13. The largest absolute Gasteiger partial charge is 0.463 e.